The molecule has 0 aliphatic rings. The third-order valence-electron chi connectivity index (χ3n) is 3.65. The monoisotopic (exact) mass is 307 g/mol. The van der Waals surface area contributed by atoms with Gasteiger partial charge < -0.3 is 15.2 Å². The average molecular weight is 307 g/mol. The van der Waals surface area contributed by atoms with Gasteiger partial charge in [-0.2, -0.15) is 0 Å². The van der Waals surface area contributed by atoms with Crippen molar-refractivity contribution in [3.63, 3.8) is 0 Å². The number of rotatable bonds is 10. The van der Waals surface area contributed by atoms with Gasteiger partial charge in [0, 0.05) is 18.2 Å². The lowest BCUT2D eigenvalue weighted by molar-refractivity contribution is -0.116. The van der Waals surface area contributed by atoms with Crippen LogP contribution in [0, 0.1) is 5.92 Å². The van der Waals surface area contributed by atoms with E-state index in [1.807, 2.05) is 0 Å². The van der Waals surface area contributed by atoms with Gasteiger partial charge in [-0.05, 0) is 24.5 Å². The van der Waals surface area contributed by atoms with Crippen molar-refractivity contribution in [3.8, 4) is 11.5 Å². The molecule has 4 heteroatoms. The highest BCUT2D eigenvalue weighted by Crippen LogP contribution is 2.28. The Labute approximate surface area is 133 Å². The van der Waals surface area contributed by atoms with Crippen LogP contribution in [-0.4, -0.2) is 18.1 Å². The number of benzene rings is 1. The van der Waals surface area contributed by atoms with Crippen LogP contribution in [0.3, 0.4) is 0 Å². The topological polar surface area (TPSA) is 58.6 Å². The standard InChI is InChI=1S/C18H29NO3/c1-14(2)9-7-5-4-6-8-10-18(21)19-15-11-12-16(20)17(13-15)22-3/h11-14,20H,4-10H2,1-3H3,(H,19,21). The molecule has 0 aliphatic heterocycles. The van der Waals surface area contributed by atoms with Gasteiger partial charge in [-0.1, -0.05) is 46.0 Å². The predicted molar refractivity (Wildman–Crippen MR) is 90.4 cm³/mol. The third-order valence-corrected chi connectivity index (χ3v) is 3.65. The van der Waals surface area contributed by atoms with E-state index in [4.69, 9.17) is 4.74 Å². The Morgan fingerprint density at radius 2 is 1.86 bits per heavy atom. The highest BCUT2D eigenvalue weighted by atomic mass is 16.5. The number of phenols is 1. The SMILES string of the molecule is COc1cc(NC(=O)CCCCCCCC(C)C)ccc1O. The molecule has 0 heterocycles. The van der Waals surface area contributed by atoms with Gasteiger partial charge in [0.2, 0.25) is 5.91 Å². The molecule has 124 valence electrons. The molecule has 0 saturated carbocycles. The van der Waals surface area contributed by atoms with Crippen molar-refractivity contribution in [2.75, 3.05) is 12.4 Å². The molecule has 0 atom stereocenters. The number of hydrogen-bond acceptors (Lipinski definition) is 3. The molecule has 0 spiro atoms. The first-order chi connectivity index (χ1) is 10.5. The molecule has 0 unspecified atom stereocenters. The summed E-state index contributed by atoms with van der Waals surface area (Å²) >= 11 is 0. The third kappa shape index (κ3) is 7.34. The van der Waals surface area contributed by atoms with Crippen LogP contribution in [0.2, 0.25) is 0 Å². The van der Waals surface area contributed by atoms with E-state index in [2.05, 4.69) is 19.2 Å². The van der Waals surface area contributed by atoms with Gasteiger partial charge in [-0.15, -0.1) is 0 Å². The van der Waals surface area contributed by atoms with Crippen LogP contribution in [0.4, 0.5) is 5.69 Å². The van der Waals surface area contributed by atoms with E-state index in [1.54, 1.807) is 12.1 Å². The van der Waals surface area contributed by atoms with Gasteiger partial charge in [-0.25, -0.2) is 0 Å². The molecule has 0 aliphatic carbocycles. The Kier molecular flexibility index (Phi) is 8.41. The van der Waals surface area contributed by atoms with E-state index in [-0.39, 0.29) is 11.7 Å². The Morgan fingerprint density at radius 1 is 1.18 bits per heavy atom. The van der Waals surface area contributed by atoms with Crippen molar-refractivity contribution in [2.45, 2.75) is 58.8 Å². The Morgan fingerprint density at radius 3 is 2.55 bits per heavy atom. The molecule has 2 N–H and O–H groups in total. The molecule has 0 fully saturated rings. The first kappa shape index (κ1) is 18.3. The van der Waals surface area contributed by atoms with Crippen molar-refractivity contribution in [3.05, 3.63) is 18.2 Å². The van der Waals surface area contributed by atoms with Crippen molar-refractivity contribution in [2.24, 2.45) is 5.92 Å². The van der Waals surface area contributed by atoms with Crippen molar-refractivity contribution >= 4 is 11.6 Å². The summed E-state index contributed by atoms with van der Waals surface area (Å²) in [6.45, 7) is 4.51. The van der Waals surface area contributed by atoms with Gasteiger partial charge in [0.15, 0.2) is 11.5 Å². The maximum Gasteiger partial charge on any atom is 0.224 e. The summed E-state index contributed by atoms with van der Waals surface area (Å²) in [5, 5.41) is 12.3. The number of amides is 1. The molecule has 1 amide bonds. The lowest BCUT2D eigenvalue weighted by Crippen LogP contribution is -2.11. The quantitative estimate of drug-likeness (QED) is 0.485. The van der Waals surface area contributed by atoms with Gasteiger partial charge >= 0.3 is 0 Å². The largest absolute Gasteiger partial charge is 0.504 e. The normalized spacial score (nSPS) is 10.7. The summed E-state index contributed by atoms with van der Waals surface area (Å²) in [6, 6.07) is 4.81. The highest BCUT2D eigenvalue weighted by Gasteiger charge is 2.06. The van der Waals surface area contributed by atoms with Crippen molar-refractivity contribution < 1.29 is 14.6 Å². The summed E-state index contributed by atoms with van der Waals surface area (Å²) in [6.07, 6.45) is 7.60. The van der Waals surface area contributed by atoms with E-state index in [9.17, 15) is 9.90 Å². The summed E-state index contributed by atoms with van der Waals surface area (Å²) in [5.74, 6) is 1.23. The molecular weight excluding hydrogens is 278 g/mol. The Hall–Kier alpha value is -1.71. The molecule has 0 saturated heterocycles. The van der Waals surface area contributed by atoms with E-state index in [0.717, 1.165) is 18.8 Å². The summed E-state index contributed by atoms with van der Waals surface area (Å²) in [5.41, 5.74) is 0.650. The fourth-order valence-electron chi connectivity index (χ4n) is 2.35. The number of anilines is 1. The van der Waals surface area contributed by atoms with Crippen LogP contribution in [0.5, 0.6) is 11.5 Å². The molecule has 1 rings (SSSR count). The highest BCUT2D eigenvalue weighted by molar-refractivity contribution is 5.91. The number of hydrogen-bond donors (Lipinski definition) is 2. The van der Waals surface area contributed by atoms with Crippen LogP contribution >= 0.6 is 0 Å². The number of carbonyl (C=O) groups is 1. The lowest BCUT2D eigenvalue weighted by Gasteiger charge is -2.08. The fourth-order valence-corrected chi connectivity index (χ4v) is 2.35. The van der Waals surface area contributed by atoms with Crippen LogP contribution < -0.4 is 10.1 Å². The molecule has 1 aromatic carbocycles. The first-order valence-corrected chi connectivity index (χ1v) is 8.19. The van der Waals surface area contributed by atoms with Crippen LogP contribution in [-0.2, 0) is 4.79 Å². The average Bonchev–Trinajstić information content (AvgIpc) is 2.48. The number of carbonyl (C=O) groups excluding carboxylic acids is 1. The second-order valence-corrected chi connectivity index (χ2v) is 6.14. The van der Waals surface area contributed by atoms with Gasteiger partial charge in [-0.3, -0.25) is 4.79 Å². The van der Waals surface area contributed by atoms with Crippen LogP contribution in [0.25, 0.3) is 0 Å². The second-order valence-electron chi connectivity index (χ2n) is 6.14. The zero-order valence-corrected chi connectivity index (χ0v) is 14.0. The van der Waals surface area contributed by atoms with Gasteiger partial charge in [0.05, 0.1) is 7.11 Å². The van der Waals surface area contributed by atoms with Gasteiger partial charge in [0.25, 0.3) is 0 Å². The lowest BCUT2D eigenvalue weighted by atomic mass is 10.0. The van der Waals surface area contributed by atoms with Crippen LogP contribution in [0.15, 0.2) is 18.2 Å². The number of ether oxygens (including phenoxy) is 1. The number of aromatic hydroxyl groups is 1. The van der Waals surface area contributed by atoms with E-state index < -0.39 is 0 Å². The molecule has 22 heavy (non-hydrogen) atoms. The smallest absolute Gasteiger partial charge is 0.224 e. The molecule has 0 bridgehead atoms. The number of unbranched alkanes of at least 4 members (excludes halogenated alkanes) is 4. The van der Waals surface area contributed by atoms with Crippen LogP contribution in [0.1, 0.15) is 58.8 Å². The number of methoxy groups -OCH3 is 1. The van der Waals surface area contributed by atoms with E-state index >= 15 is 0 Å². The zero-order valence-electron chi connectivity index (χ0n) is 14.0. The van der Waals surface area contributed by atoms with E-state index in [0.29, 0.717) is 17.9 Å². The molecule has 1 aromatic rings. The number of nitrogens with one attached hydrogen (secondary N) is 1. The fraction of sp³-hybridized carbons (Fsp3) is 0.611. The molecule has 4 nitrogen and oxygen atoms in total. The second kappa shape index (κ2) is 10.1. The predicted octanol–water partition coefficient (Wildman–Crippen LogP) is 4.73. The minimum absolute atomic E-state index is 0.00919. The minimum atomic E-state index is 0.00919. The summed E-state index contributed by atoms with van der Waals surface area (Å²) in [7, 11) is 1.49. The molecule has 0 aromatic heterocycles. The van der Waals surface area contributed by atoms with E-state index in [1.165, 1.54) is 38.9 Å². The molecular formula is C18H29NO3. The zero-order chi connectivity index (χ0) is 16.4. The van der Waals surface area contributed by atoms with Gasteiger partial charge in [0.1, 0.15) is 0 Å². The Balaban J connectivity index is 2.18. The van der Waals surface area contributed by atoms with Crippen molar-refractivity contribution in [1.29, 1.82) is 0 Å². The Bertz CT molecular complexity index is 458. The summed E-state index contributed by atoms with van der Waals surface area (Å²) in [4.78, 5) is 11.9. The maximum absolute atomic E-state index is 11.9. The summed E-state index contributed by atoms with van der Waals surface area (Å²) < 4.78 is 5.02. The molecule has 0 radical (unpaired) electrons. The minimum Gasteiger partial charge on any atom is -0.504 e. The van der Waals surface area contributed by atoms with Crippen molar-refractivity contribution in [1.82, 2.24) is 0 Å². The first-order valence-electron chi connectivity index (χ1n) is 8.19. The number of phenolic OH excluding ortho intramolecular Hbond substituents is 1. The maximum atomic E-state index is 11.9.